The maximum absolute atomic E-state index is 12.1. The largest absolute Gasteiger partial charge is 0.426 e. The molecule has 0 N–H and O–H groups in total. The zero-order chi connectivity index (χ0) is 18.5. The van der Waals surface area contributed by atoms with Crippen LogP contribution >= 0.6 is 0 Å². The van der Waals surface area contributed by atoms with Crippen LogP contribution < -0.4 is 4.74 Å². The van der Waals surface area contributed by atoms with Gasteiger partial charge < -0.3 is 9.26 Å². The summed E-state index contributed by atoms with van der Waals surface area (Å²) in [7, 11) is 0. The zero-order valence-electron chi connectivity index (χ0n) is 15.2. The molecule has 1 aromatic heterocycles. The van der Waals surface area contributed by atoms with E-state index in [2.05, 4.69) is 16.2 Å². The lowest BCUT2D eigenvalue weighted by Gasteiger charge is -2.08. The molecule has 2 aromatic carbocycles. The van der Waals surface area contributed by atoms with Crippen LogP contribution in [0.15, 0.2) is 53.1 Å². The Labute approximate surface area is 158 Å². The van der Waals surface area contributed by atoms with Crippen molar-refractivity contribution in [1.82, 2.24) is 10.1 Å². The average Bonchev–Trinajstić information content (AvgIpc) is 3.36. The minimum Gasteiger partial charge on any atom is -0.426 e. The molecule has 0 saturated carbocycles. The van der Waals surface area contributed by atoms with Gasteiger partial charge in [0.2, 0.25) is 11.7 Å². The van der Waals surface area contributed by atoms with Crippen LogP contribution in [0, 0.1) is 0 Å². The Morgan fingerprint density at radius 3 is 2.81 bits per heavy atom. The topological polar surface area (TPSA) is 65.2 Å². The number of hydrogen-bond donors (Lipinski definition) is 0. The second kappa shape index (κ2) is 8.16. The monoisotopic (exact) mass is 362 g/mol. The first-order valence-corrected chi connectivity index (χ1v) is 9.49. The van der Waals surface area contributed by atoms with Crippen LogP contribution in [0.4, 0.5) is 0 Å². The summed E-state index contributed by atoms with van der Waals surface area (Å²) in [5, 5.41) is 4.01. The smallest absolute Gasteiger partial charge is 0.311 e. The van der Waals surface area contributed by atoms with E-state index in [1.807, 2.05) is 42.5 Å². The van der Waals surface area contributed by atoms with Gasteiger partial charge in [-0.15, -0.1) is 0 Å². The number of unbranched alkanes of at least 4 members (excludes halogenated alkanes) is 1. The first-order valence-electron chi connectivity index (χ1n) is 9.49. The fourth-order valence-electron chi connectivity index (χ4n) is 3.46. The molecule has 1 aliphatic rings. The zero-order valence-corrected chi connectivity index (χ0v) is 15.2. The third kappa shape index (κ3) is 4.25. The van der Waals surface area contributed by atoms with Gasteiger partial charge in [0, 0.05) is 18.4 Å². The van der Waals surface area contributed by atoms with Crippen LogP contribution in [-0.4, -0.2) is 16.1 Å². The molecule has 1 heterocycles. The minimum atomic E-state index is -0.175. The number of aryl methyl sites for hydroxylation is 2. The van der Waals surface area contributed by atoms with Gasteiger partial charge >= 0.3 is 5.97 Å². The standard InChI is InChI=1S/C22H22N2O3/c25-21(26-19-13-7-11-16-10-6-12-18(16)19)15-5-4-14-20-23-22(24-27-20)17-8-2-1-3-9-17/h1-3,7-9,11,13H,4-6,10,12,14-15H2. The predicted molar refractivity (Wildman–Crippen MR) is 101 cm³/mol. The van der Waals surface area contributed by atoms with Crippen molar-refractivity contribution in [2.45, 2.75) is 44.9 Å². The van der Waals surface area contributed by atoms with Crippen molar-refractivity contribution >= 4 is 5.97 Å². The molecule has 5 nitrogen and oxygen atoms in total. The Balaban J connectivity index is 1.23. The molecule has 0 bridgehead atoms. The van der Waals surface area contributed by atoms with Crippen molar-refractivity contribution in [3.8, 4) is 17.1 Å². The van der Waals surface area contributed by atoms with E-state index in [4.69, 9.17) is 9.26 Å². The maximum atomic E-state index is 12.1. The highest BCUT2D eigenvalue weighted by Gasteiger charge is 2.17. The number of carbonyl (C=O) groups is 1. The second-order valence-corrected chi connectivity index (χ2v) is 6.81. The van der Waals surface area contributed by atoms with E-state index < -0.39 is 0 Å². The van der Waals surface area contributed by atoms with Gasteiger partial charge in [0.05, 0.1) is 0 Å². The van der Waals surface area contributed by atoms with Gasteiger partial charge in [0.25, 0.3) is 0 Å². The van der Waals surface area contributed by atoms with Crippen LogP contribution in [0.2, 0.25) is 0 Å². The summed E-state index contributed by atoms with van der Waals surface area (Å²) >= 11 is 0. The second-order valence-electron chi connectivity index (χ2n) is 6.81. The maximum Gasteiger partial charge on any atom is 0.311 e. The summed E-state index contributed by atoms with van der Waals surface area (Å²) in [5.41, 5.74) is 3.45. The molecule has 1 aliphatic carbocycles. The number of benzene rings is 2. The number of hydrogen-bond acceptors (Lipinski definition) is 5. The van der Waals surface area contributed by atoms with Crippen LogP contribution in [0.25, 0.3) is 11.4 Å². The average molecular weight is 362 g/mol. The van der Waals surface area contributed by atoms with Gasteiger partial charge in [-0.2, -0.15) is 4.98 Å². The molecular formula is C22H22N2O3. The number of nitrogens with zero attached hydrogens (tertiary/aromatic N) is 2. The van der Waals surface area contributed by atoms with Crippen molar-refractivity contribution in [1.29, 1.82) is 0 Å². The number of aromatic nitrogens is 2. The highest BCUT2D eigenvalue weighted by Crippen LogP contribution is 2.30. The minimum absolute atomic E-state index is 0.175. The summed E-state index contributed by atoms with van der Waals surface area (Å²) in [6.45, 7) is 0. The molecule has 0 spiro atoms. The van der Waals surface area contributed by atoms with Crippen molar-refractivity contribution in [3.05, 3.63) is 65.5 Å². The number of esters is 1. The number of rotatable bonds is 7. The summed E-state index contributed by atoms with van der Waals surface area (Å²) < 4.78 is 10.9. The predicted octanol–water partition coefficient (Wildman–Crippen LogP) is 4.54. The molecule has 4 rings (SSSR count). The van der Waals surface area contributed by atoms with Crippen molar-refractivity contribution < 1.29 is 14.1 Å². The van der Waals surface area contributed by atoms with E-state index in [9.17, 15) is 4.79 Å². The lowest BCUT2D eigenvalue weighted by atomic mass is 10.1. The van der Waals surface area contributed by atoms with E-state index in [1.54, 1.807) is 0 Å². The van der Waals surface area contributed by atoms with Crippen LogP contribution in [0.1, 0.15) is 42.7 Å². The first-order chi connectivity index (χ1) is 13.3. The number of fused-ring (bicyclic) bond motifs is 1. The fraction of sp³-hybridized carbons (Fsp3) is 0.318. The highest BCUT2D eigenvalue weighted by molar-refractivity contribution is 5.73. The SMILES string of the molecule is O=C(CCCCc1nc(-c2ccccc2)no1)Oc1cccc2c1CCC2. The Kier molecular flexibility index (Phi) is 5.28. The Morgan fingerprint density at radius 2 is 1.93 bits per heavy atom. The molecule has 0 aliphatic heterocycles. The van der Waals surface area contributed by atoms with Gasteiger partial charge in [0.1, 0.15) is 5.75 Å². The van der Waals surface area contributed by atoms with Gasteiger partial charge in [-0.3, -0.25) is 4.79 Å². The highest BCUT2D eigenvalue weighted by atomic mass is 16.5. The van der Waals surface area contributed by atoms with Gasteiger partial charge in [-0.1, -0.05) is 47.6 Å². The quantitative estimate of drug-likeness (QED) is 0.351. The van der Waals surface area contributed by atoms with Gasteiger partial charge in [-0.25, -0.2) is 0 Å². The van der Waals surface area contributed by atoms with E-state index >= 15 is 0 Å². The van der Waals surface area contributed by atoms with Crippen LogP contribution in [0.5, 0.6) is 5.75 Å². The lowest BCUT2D eigenvalue weighted by molar-refractivity contribution is -0.134. The molecule has 27 heavy (non-hydrogen) atoms. The molecule has 0 saturated heterocycles. The fourth-order valence-corrected chi connectivity index (χ4v) is 3.46. The van der Waals surface area contributed by atoms with Gasteiger partial charge in [0.15, 0.2) is 0 Å². The summed E-state index contributed by atoms with van der Waals surface area (Å²) in [5.74, 6) is 1.76. The molecule has 0 atom stereocenters. The molecule has 3 aromatic rings. The molecule has 0 radical (unpaired) electrons. The number of ether oxygens (including phenoxy) is 1. The molecule has 0 fully saturated rings. The van der Waals surface area contributed by atoms with Crippen molar-refractivity contribution in [3.63, 3.8) is 0 Å². The first kappa shape index (κ1) is 17.5. The number of carbonyl (C=O) groups excluding carboxylic acids is 1. The normalized spacial score (nSPS) is 12.7. The summed E-state index contributed by atoms with van der Waals surface area (Å²) in [4.78, 5) is 16.5. The molecule has 5 heteroatoms. The van der Waals surface area contributed by atoms with E-state index in [0.29, 0.717) is 24.6 Å². The Morgan fingerprint density at radius 1 is 1.04 bits per heavy atom. The Hall–Kier alpha value is -2.95. The molecule has 138 valence electrons. The van der Waals surface area contributed by atoms with Crippen LogP contribution in [0.3, 0.4) is 0 Å². The van der Waals surface area contributed by atoms with E-state index in [-0.39, 0.29) is 5.97 Å². The molecule has 0 amide bonds. The molecule has 0 unspecified atom stereocenters. The third-order valence-electron chi connectivity index (χ3n) is 4.85. The van der Waals surface area contributed by atoms with E-state index in [0.717, 1.165) is 43.4 Å². The summed E-state index contributed by atoms with van der Waals surface area (Å²) in [6, 6.07) is 15.7. The van der Waals surface area contributed by atoms with Crippen LogP contribution in [-0.2, 0) is 24.1 Å². The summed E-state index contributed by atoms with van der Waals surface area (Å²) in [6.07, 6.45) is 5.81. The third-order valence-corrected chi connectivity index (χ3v) is 4.85. The Bertz CT molecular complexity index is 918. The lowest BCUT2D eigenvalue weighted by Crippen LogP contribution is -2.09. The molecular weight excluding hydrogens is 340 g/mol. The van der Waals surface area contributed by atoms with Crippen molar-refractivity contribution in [2.24, 2.45) is 0 Å². The van der Waals surface area contributed by atoms with Gasteiger partial charge in [-0.05, 0) is 49.3 Å². The van der Waals surface area contributed by atoms with E-state index in [1.165, 1.54) is 11.1 Å². The van der Waals surface area contributed by atoms with Crippen molar-refractivity contribution in [2.75, 3.05) is 0 Å².